The van der Waals surface area contributed by atoms with Gasteiger partial charge in [-0.25, -0.2) is 18.9 Å². The number of hydrogen-bond acceptors (Lipinski definition) is 4. The van der Waals surface area contributed by atoms with Crippen LogP contribution in [0.1, 0.15) is 11.1 Å². The van der Waals surface area contributed by atoms with Gasteiger partial charge in [-0.15, -0.1) is 5.10 Å². The van der Waals surface area contributed by atoms with E-state index < -0.39 is 11.6 Å². The van der Waals surface area contributed by atoms with Crippen molar-refractivity contribution < 1.29 is 8.78 Å². The molecule has 0 aliphatic heterocycles. The summed E-state index contributed by atoms with van der Waals surface area (Å²) in [6.07, 6.45) is 0.166. The molecule has 3 aromatic rings. The molecule has 2 aromatic heterocycles. The Balaban J connectivity index is 2.10. The van der Waals surface area contributed by atoms with Crippen molar-refractivity contribution in [2.75, 3.05) is 5.73 Å². The third kappa shape index (κ3) is 2.10. The second-order valence-electron chi connectivity index (χ2n) is 4.13. The molecular weight excluding hydrogens is 252 g/mol. The molecule has 19 heavy (non-hydrogen) atoms. The molecule has 5 nitrogen and oxygen atoms in total. The van der Waals surface area contributed by atoms with Crippen LogP contribution < -0.4 is 5.73 Å². The smallest absolute Gasteiger partial charge is 0.178 e. The fourth-order valence-corrected chi connectivity index (χ4v) is 1.94. The number of aromatic amines is 1. The zero-order chi connectivity index (χ0) is 13.4. The standard InChI is InChI=1S/C12H9F2N5/c13-8-1-2-9(14)6(4-8)3-7-5-10(15)16-12-11(7)17-19-18-12/h1-2,4-5H,3H2,(H3,15,16,17,18,19). The van der Waals surface area contributed by atoms with Crippen molar-refractivity contribution in [3.05, 3.63) is 47.0 Å². The number of nitrogens with one attached hydrogen (secondary N) is 1. The first-order chi connectivity index (χ1) is 9.13. The van der Waals surface area contributed by atoms with Crippen molar-refractivity contribution in [2.45, 2.75) is 6.42 Å². The van der Waals surface area contributed by atoms with Crippen LogP contribution >= 0.6 is 0 Å². The Hall–Kier alpha value is -2.57. The van der Waals surface area contributed by atoms with E-state index in [1.807, 2.05) is 0 Å². The van der Waals surface area contributed by atoms with Crippen molar-refractivity contribution in [3.63, 3.8) is 0 Å². The van der Waals surface area contributed by atoms with E-state index in [4.69, 9.17) is 5.73 Å². The molecule has 7 heteroatoms. The first kappa shape index (κ1) is 11.5. The molecule has 0 atom stereocenters. The topological polar surface area (TPSA) is 80.5 Å². The molecule has 2 heterocycles. The molecule has 0 unspecified atom stereocenters. The zero-order valence-electron chi connectivity index (χ0n) is 9.69. The van der Waals surface area contributed by atoms with Crippen molar-refractivity contribution in [1.82, 2.24) is 20.4 Å². The minimum absolute atomic E-state index is 0.166. The minimum atomic E-state index is -0.491. The number of hydrogen-bond donors (Lipinski definition) is 2. The number of nitrogens with two attached hydrogens (primary N) is 1. The van der Waals surface area contributed by atoms with Gasteiger partial charge in [-0.05, 0) is 35.4 Å². The minimum Gasteiger partial charge on any atom is -0.384 e. The highest BCUT2D eigenvalue weighted by molar-refractivity contribution is 5.76. The second kappa shape index (κ2) is 4.27. The van der Waals surface area contributed by atoms with E-state index in [1.165, 1.54) is 0 Å². The maximum absolute atomic E-state index is 13.6. The number of H-pyrrole nitrogens is 1. The number of fused-ring (bicyclic) bond motifs is 1. The molecule has 3 rings (SSSR count). The lowest BCUT2D eigenvalue weighted by molar-refractivity contribution is 0.588. The van der Waals surface area contributed by atoms with Gasteiger partial charge < -0.3 is 5.73 Å². The molecule has 0 saturated carbocycles. The van der Waals surface area contributed by atoms with Gasteiger partial charge in [-0.1, -0.05) is 5.21 Å². The van der Waals surface area contributed by atoms with E-state index in [-0.39, 0.29) is 17.8 Å². The van der Waals surface area contributed by atoms with Crippen LogP contribution in [-0.4, -0.2) is 20.4 Å². The molecular formula is C12H9F2N5. The number of nitrogens with zero attached hydrogens (tertiary/aromatic N) is 3. The summed E-state index contributed by atoms with van der Waals surface area (Å²) in [6, 6.07) is 4.90. The number of halogens is 2. The van der Waals surface area contributed by atoms with Gasteiger partial charge in [0, 0.05) is 6.42 Å². The largest absolute Gasteiger partial charge is 0.384 e. The number of nitrogen functional groups attached to an aromatic ring is 1. The molecule has 0 amide bonds. The van der Waals surface area contributed by atoms with E-state index >= 15 is 0 Å². The van der Waals surface area contributed by atoms with Gasteiger partial charge >= 0.3 is 0 Å². The quantitative estimate of drug-likeness (QED) is 0.737. The molecule has 1 aromatic carbocycles. The molecule has 0 aliphatic rings. The predicted octanol–water partition coefficient (Wildman–Crippen LogP) is 1.80. The number of rotatable bonds is 2. The Labute approximate surface area is 106 Å². The molecule has 0 spiro atoms. The third-order valence-corrected chi connectivity index (χ3v) is 2.79. The summed E-state index contributed by atoms with van der Waals surface area (Å²) in [5, 5.41) is 10.1. The summed E-state index contributed by atoms with van der Waals surface area (Å²) in [4.78, 5) is 4.01. The lowest BCUT2D eigenvalue weighted by Gasteiger charge is -2.05. The van der Waals surface area contributed by atoms with Gasteiger partial charge in [0.05, 0.1) is 0 Å². The van der Waals surface area contributed by atoms with Gasteiger partial charge in [0.15, 0.2) is 5.65 Å². The van der Waals surface area contributed by atoms with Crippen LogP contribution in [0.15, 0.2) is 24.3 Å². The van der Waals surface area contributed by atoms with Crippen molar-refractivity contribution >= 4 is 17.0 Å². The Bertz CT molecular complexity index is 753. The van der Waals surface area contributed by atoms with Crippen molar-refractivity contribution in [1.29, 1.82) is 0 Å². The average molecular weight is 261 g/mol. The Morgan fingerprint density at radius 1 is 1.16 bits per heavy atom. The summed E-state index contributed by atoms with van der Waals surface area (Å²) in [6.45, 7) is 0. The SMILES string of the molecule is Nc1cc(Cc2cc(F)ccc2F)c2nn[nH]c2n1. The summed E-state index contributed by atoms with van der Waals surface area (Å²) in [7, 11) is 0. The van der Waals surface area contributed by atoms with Crippen molar-refractivity contribution in [3.8, 4) is 0 Å². The molecule has 0 fully saturated rings. The number of aromatic nitrogens is 4. The van der Waals surface area contributed by atoms with Crippen LogP contribution in [0.5, 0.6) is 0 Å². The number of anilines is 1. The Morgan fingerprint density at radius 3 is 2.84 bits per heavy atom. The molecule has 3 N–H and O–H groups in total. The van der Waals surface area contributed by atoms with E-state index in [0.29, 0.717) is 16.7 Å². The predicted molar refractivity (Wildman–Crippen MR) is 65.3 cm³/mol. The lowest BCUT2D eigenvalue weighted by atomic mass is 10.0. The van der Waals surface area contributed by atoms with Crippen LogP contribution in [-0.2, 0) is 6.42 Å². The fraction of sp³-hybridized carbons (Fsp3) is 0.0833. The maximum Gasteiger partial charge on any atom is 0.178 e. The number of benzene rings is 1. The van der Waals surface area contributed by atoms with E-state index in [1.54, 1.807) is 6.07 Å². The van der Waals surface area contributed by atoms with Crippen LogP contribution in [0, 0.1) is 11.6 Å². The molecule has 0 saturated heterocycles. The van der Waals surface area contributed by atoms with Gasteiger partial charge in [0.1, 0.15) is 23.0 Å². The molecule has 0 radical (unpaired) electrons. The summed E-state index contributed by atoms with van der Waals surface area (Å²) < 4.78 is 26.8. The van der Waals surface area contributed by atoms with Gasteiger partial charge in [-0.2, -0.15) is 0 Å². The van der Waals surface area contributed by atoms with E-state index in [9.17, 15) is 8.78 Å². The monoisotopic (exact) mass is 261 g/mol. The highest BCUT2D eigenvalue weighted by atomic mass is 19.1. The summed E-state index contributed by atoms with van der Waals surface area (Å²) in [5.41, 5.74) is 7.44. The highest BCUT2D eigenvalue weighted by Crippen LogP contribution is 2.21. The first-order valence-corrected chi connectivity index (χ1v) is 5.53. The first-order valence-electron chi connectivity index (χ1n) is 5.53. The van der Waals surface area contributed by atoms with Crippen molar-refractivity contribution in [2.24, 2.45) is 0 Å². The lowest BCUT2D eigenvalue weighted by Crippen LogP contribution is -1.98. The normalized spacial score (nSPS) is 11.1. The Morgan fingerprint density at radius 2 is 2.00 bits per heavy atom. The van der Waals surface area contributed by atoms with Crippen LogP contribution in [0.4, 0.5) is 14.6 Å². The van der Waals surface area contributed by atoms with Crippen LogP contribution in [0.25, 0.3) is 11.2 Å². The van der Waals surface area contributed by atoms with E-state index in [2.05, 4.69) is 20.4 Å². The molecule has 96 valence electrons. The van der Waals surface area contributed by atoms with Gasteiger partial charge in [0.25, 0.3) is 0 Å². The van der Waals surface area contributed by atoms with Gasteiger partial charge in [0.2, 0.25) is 0 Å². The summed E-state index contributed by atoms with van der Waals surface area (Å²) >= 11 is 0. The Kier molecular flexibility index (Phi) is 2.59. The second-order valence-corrected chi connectivity index (χ2v) is 4.13. The van der Waals surface area contributed by atoms with Gasteiger partial charge in [-0.3, -0.25) is 0 Å². The molecule has 0 aliphatic carbocycles. The summed E-state index contributed by atoms with van der Waals surface area (Å²) in [5.74, 6) is -0.700. The van der Waals surface area contributed by atoms with E-state index in [0.717, 1.165) is 18.2 Å². The van der Waals surface area contributed by atoms with Crippen LogP contribution in [0.2, 0.25) is 0 Å². The van der Waals surface area contributed by atoms with Crippen LogP contribution in [0.3, 0.4) is 0 Å². The third-order valence-electron chi connectivity index (χ3n) is 2.79. The highest BCUT2D eigenvalue weighted by Gasteiger charge is 2.11. The maximum atomic E-state index is 13.6. The number of pyridine rings is 1. The fourth-order valence-electron chi connectivity index (χ4n) is 1.94. The average Bonchev–Trinajstić information content (AvgIpc) is 2.82. The molecule has 0 bridgehead atoms. The zero-order valence-corrected chi connectivity index (χ0v) is 9.69.